The van der Waals surface area contributed by atoms with Crippen molar-refractivity contribution in [3.8, 4) is 0 Å². The van der Waals surface area contributed by atoms with Crippen molar-refractivity contribution in [3.63, 3.8) is 0 Å². The maximum atomic E-state index is 15.6. The molecule has 0 spiro atoms. The summed E-state index contributed by atoms with van der Waals surface area (Å²) in [6.07, 6.45) is 12.9. The minimum atomic E-state index is -6.04. The quantitative estimate of drug-likeness (QED) is 0.234. The number of rotatable bonds is 7. The average molecular weight is 754 g/mol. The van der Waals surface area contributed by atoms with Crippen LogP contribution in [0.3, 0.4) is 0 Å². The molecular formula is C43H51O4Sb. The van der Waals surface area contributed by atoms with Crippen LogP contribution in [0.1, 0.15) is 93.7 Å². The second kappa shape index (κ2) is 11.0. The summed E-state index contributed by atoms with van der Waals surface area (Å²) < 4.78 is 18.0. The second-order valence-corrected chi connectivity index (χ2v) is 28.6. The molecule has 3 aromatic rings. The first kappa shape index (κ1) is 31.4. The van der Waals surface area contributed by atoms with Gasteiger partial charge in [0.25, 0.3) is 0 Å². The van der Waals surface area contributed by atoms with E-state index in [9.17, 15) is 0 Å². The van der Waals surface area contributed by atoms with Crippen LogP contribution in [-0.4, -0.2) is 30.2 Å². The average Bonchev–Trinajstić information content (AvgIpc) is 3.03. The standard InChI is InChI=1S/2C11H16O2.3C7H7.Sb/c2*12-10(13)11-4-7-1-8(5-11)3-9(2-7)6-11;3*1-7-5-3-2-4-6-7;/h2*7-9H,1-6H2,(H,12,13);3*2-3,5-6H,1H3;/q;;;;;+2/p-2. The molecule has 8 saturated carbocycles. The Morgan fingerprint density at radius 1 is 0.500 bits per heavy atom. The Morgan fingerprint density at radius 2 is 0.771 bits per heavy atom. The van der Waals surface area contributed by atoms with Crippen molar-refractivity contribution in [2.45, 2.75) is 97.8 Å². The van der Waals surface area contributed by atoms with Crippen molar-refractivity contribution in [3.05, 3.63) is 89.5 Å². The van der Waals surface area contributed by atoms with Crippen molar-refractivity contribution in [1.82, 2.24) is 0 Å². The molecule has 0 aromatic heterocycles. The molecule has 8 fully saturated rings. The molecule has 3 aromatic carbocycles. The molecule has 0 amide bonds. The topological polar surface area (TPSA) is 52.6 Å². The maximum absolute atomic E-state index is 15.6. The van der Waals surface area contributed by atoms with E-state index < -0.39 is 29.1 Å². The van der Waals surface area contributed by atoms with E-state index in [4.69, 9.17) is 6.03 Å². The van der Waals surface area contributed by atoms with Crippen molar-refractivity contribution in [2.24, 2.45) is 46.3 Å². The van der Waals surface area contributed by atoms with Crippen LogP contribution >= 0.6 is 0 Å². The van der Waals surface area contributed by atoms with Gasteiger partial charge in [-0.3, -0.25) is 0 Å². The predicted octanol–water partition coefficient (Wildman–Crippen LogP) is 7.55. The van der Waals surface area contributed by atoms with Gasteiger partial charge in [0.05, 0.1) is 0 Å². The van der Waals surface area contributed by atoms with E-state index in [-0.39, 0.29) is 11.9 Å². The first-order valence-corrected chi connectivity index (χ1v) is 24.7. The van der Waals surface area contributed by atoms with Gasteiger partial charge >= 0.3 is 290 Å². The number of carbonyl (C=O) groups is 2. The molecular weight excluding hydrogens is 702 g/mol. The van der Waals surface area contributed by atoms with Crippen LogP contribution in [0.4, 0.5) is 0 Å². The Morgan fingerprint density at radius 3 is 1.02 bits per heavy atom. The predicted molar refractivity (Wildman–Crippen MR) is 192 cm³/mol. The summed E-state index contributed by atoms with van der Waals surface area (Å²) in [5.41, 5.74) is 2.20. The third kappa shape index (κ3) is 4.66. The molecule has 8 aliphatic carbocycles. The van der Waals surface area contributed by atoms with Crippen LogP contribution in [0, 0.1) is 67.1 Å². The van der Waals surface area contributed by atoms with E-state index in [0.717, 1.165) is 65.7 Å². The Balaban J connectivity index is 1.31. The van der Waals surface area contributed by atoms with Gasteiger partial charge in [-0.2, -0.15) is 0 Å². The summed E-state index contributed by atoms with van der Waals surface area (Å²) in [6, 6.07) is 25.3. The fraction of sp³-hybridized carbons (Fsp3) is 0.535. The van der Waals surface area contributed by atoms with Crippen molar-refractivity contribution < 1.29 is 15.6 Å². The van der Waals surface area contributed by atoms with Gasteiger partial charge in [-0.15, -0.1) is 0 Å². The van der Waals surface area contributed by atoms with Gasteiger partial charge in [0.1, 0.15) is 0 Å². The molecule has 0 heterocycles. The zero-order valence-corrected chi connectivity index (χ0v) is 31.5. The van der Waals surface area contributed by atoms with Crippen molar-refractivity contribution >= 4 is 40.7 Å². The molecule has 0 aliphatic heterocycles. The fourth-order valence-corrected chi connectivity index (χ4v) is 26.8. The van der Waals surface area contributed by atoms with Crippen LogP contribution in [0.5, 0.6) is 0 Å². The van der Waals surface area contributed by atoms with Crippen LogP contribution in [0.25, 0.3) is 0 Å². The second-order valence-electron chi connectivity index (χ2n) is 17.6. The van der Waals surface area contributed by atoms with E-state index in [0.29, 0.717) is 35.5 Å². The summed E-state index contributed by atoms with van der Waals surface area (Å²) in [4.78, 5) is 31.1. The number of aryl methyl sites for hydroxylation is 3. The summed E-state index contributed by atoms with van der Waals surface area (Å²) in [7, 11) is 0. The Labute approximate surface area is 288 Å². The molecule has 0 N–H and O–H groups in total. The fourth-order valence-electron chi connectivity index (χ4n) is 12.7. The van der Waals surface area contributed by atoms with Crippen LogP contribution in [0.15, 0.2) is 72.8 Å². The van der Waals surface area contributed by atoms with E-state index in [1.165, 1.54) is 38.5 Å². The number of carbonyl (C=O) groups excluding carboxylic acids is 2. The van der Waals surface area contributed by atoms with Gasteiger partial charge in [0.15, 0.2) is 0 Å². The first-order valence-electron chi connectivity index (χ1n) is 18.8. The molecule has 48 heavy (non-hydrogen) atoms. The third-order valence-electron chi connectivity index (χ3n) is 13.9. The van der Waals surface area contributed by atoms with Crippen LogP contribution in [0.2, 0.25) is 0 Å². The Kier molecular flexibility index (Phi) is 7.17. The van der Waals surface area contributed by atoms with Gasteiger partial charge in [-0.25, -0.2) is 0 Å². The number of hydrogen-bond donors (Lipinski definition) is 0. The summed E-state index contributed by atoms with van der Waals surface area (Å²) in [5.74, 6) is 3.34. The van der Waals surface area contributed by atoms with Crippen LogP contribution in [-0.2, 0) is 15.6 Å². The zero-order valence-electron chi connectivity index (χ0n) is 29.0. The molecule has 252 valence electrons. The molecule has 4 nitrogen and oxygen atoms in total. The van der Waals surface area contributed by atoms with Gasteiger partial charge in [-0.05, 0) is 0 Å². The van der Waals surface area contributed by atoms with Gasteiger partial charge in [-0.1, -0.05) is 0 Å². The van der Waals surface area contributed by atoms with E-state index in [1.54, 1.807) is 0 Å². The first-order chi connectivity index (χ1) is 23.1. The molecule has 0 radical (unpaired) electrons. The number of benzene rings is 3. The van der Waals surface area contributed by atoms with Crippen LogP contribution < -0.4 is 10.5 Å². The molecule has 8 bridgehead atoms. The van der Waals surface area contributed by atoms with Crippen molar-refractivity contribution in [2.75, 3.05) is 0 Å². The summed E-state index contributed by atoms with van der Waals surface area (Å²) in [5, 5.41) is 0. The van der Waals surface area contributed by atoms with Gasteiger partial charge in [0.2, 0.25) is 0 Å². The molecule has 0 unspecified atom stereocenters. The summed E-state index contributed by atoms with van der Waals surface area (Å²) >= 11 is -6.04. The van der Waals surface area contributed by atoms with E-state index in [1.807, 2.05) is 0 Å². The van der Waals surface area contributed by atoms with Crippen molar-refractivity contribution in [1.29, 1.82) is 0 Å². The monoisotopic (exact) mass is 752 g/mol. The molecule has 11 rings (SSSR count). The molecule has 8 aliphatic rings. The SMILES string of the molecule is Cc1ccc[c]([Sb]([O]C(=O)C23CC4CC(CC(C4)C2)C3)([O]C(=O)C23CC4CC(CC(C4)C2)C3)([c]2cccc(C)c2)[c]2cccc(C)c2)c1. The zero-order chi connectivity index (χ0) is 32.9. The van der Waals surface area contributed by atoms with Gasteiger partial charge in [0, 0.05) is 0 Å². The normalized spacial score (nSPS) is 35.2. The third-order valence-corrected chi connectivity index (χ3v) is 27.2. The summed E-state index contributed by atoms with van der Waals surface area (Å²) in [6.45, 7) is 6.29. The van der Waals surface area contributed by atoms with Gasteiger partial charge < -0.3 is 0 Å². The van der Waals surface area contributed by atoms with E-state index in [2.05, 4.69) is 93.6 Å². The molecule has 0 saturated heterocycles. The minimum absolute atomic E-state index is 0.105. The number of hydrogen-bond acceptors (Lipinski definition) is 4. The Hall–Kier alpha value is -2.58. The Bertz CT molecular complexity index is 1560. The molecule has 0 atom stereocenters. The van der Waals surface area contributed by atoms with E-state index >= 15 is 9.59 Å². The molecule has 5 heteroatoms.